The van der Waals surface area contributed by atoms with E-state index in [1.165, 1.54) is 0 Å². The van der Waals surface area contributed by atoms with Crippen LogP contribution in [0, 0.1) is 6.92 Å². The van der Waals surface area contributed by atoms with E-state index in [4.69, 9.17) is 9.26 Å². The Kier molecular flexibility index (Phi) is 8.38. The lowest BCUT2D eigenvalue weighted by Gasteiger charge is -2.38. The van der Waals surface area contributed by atoms with Gasteiger partial charge in [-0.25, -0.2) is 0 Å². The van der Waals surface area contributed by atoms with Gasteiger partial charge in [-0.05, 0) is 13.8 Å². The number of carbonyl (C=O) groups excluding carboxylic acids is 1. The van der Waals surface area contributed by atoms with Crippen molar-refractivity contribution in [3.8, 4) is 0 Å². The first-order valence-corrected chi connectivity index (χ1v) is 7.79. The number of nitrogens with zero attached hydrogens (tertiary/aromatic N) is 4. The molecule has 3 heterocycles. The van der Waals surface area contributed by atoms with Gasteiger partial charge in [-0.3, -0.25) is 9.69 Å². The number of hydrogen-bond donors (Lipinski definition) is 1. The molecule has 2 atom stereocenters. The Morgan fingerprint density at radius 1 is 1.29 bits per heavy atom. The molecule has 0 saturated carbocycles. The molecule has 0 bridgehead atoms. The number of carbonyl (C=O) groups is 1. The molecule has 8 nitrogen and oxygen atoms in total. The summed E-state index contributed by atoms with van der Waals surface area (Å²) in [5.74, 6) is 1.43. The lowest BCUT2D eigenvalue weighted by molar-refractivity contribution is -0.141. The molecule has 2 aliphatic rings. The summed E-state index contributed by atoms with van der Waals surface area (Å²) in [4.78, 5) is 20.9. The molecule has 0 unspecified atom stereocenters. The molecule has 2 saturated heterocycles. The quantitative estimate of drug-likeness (QED) is 0.802. The molecular weight excluding hydrogens is 357 g/mol. The molecule has 24 heavy (non-hydrogen) atoms. The minimum atomic E-state index is -0.223. The zero-order chi connectivity index (χ0) is 15.5. The molecule has 10 heteroatoms. The number of morpholine rings is 1. The zero-order valence-corrected chi connectivity index (χ0v) is 15.6. The van der Waals surface area contributed by atoms with Crippen molar-refractivity contribution in [2.45, 2.75) is 32.5 Å². The highest BCUT2D eigenvalue weighted by Gasteiger charge is 2.33. The average molecular weight is 382 g/mol. The number of nitrogens with one attached hydrogen (secondary N) is 1. The van der Waals surface area contributed by atoms with Crippen LogP contribution in [0.2, 0.25) is 0 Å². The lowest BCUT2D eigenvalue weighted by Crippen LogP contribution is -2.59. The van der Waals surface area contributed by atoms with Gasteiger partial charge in [0.05, 0.1) is 19.3 Å². The van der Waals surface area contributed by atoms with E-state index in [-0.39, 0.29) is 42.9 Å². The summed E-state index contributed by atoms with van der Waals surface area (Å²) in [6, 6.07) is -0.223. The minimum absolute atomic E-state index is 0. The molecule has 2 fully saturated rings. The van der Waals surface area contributed by atoms with Crippen molar-refractivity contribution >= 4 is 30.7 Å². The van der Waals surface area contributed by atoms with Crippen LogP contribution in [0.15, 0.2) is 4.52 Å². The topological polar surface area (TPSA) is 83.7 Å². The van der Waals surface area contributed by atoms with Crippen molar-refractivity contribution in [2.75, 3.05) is 39.3 Å². The van der Waals surface area contributed by atoms with E-state index < -0.39 is 0 Å². The maximum atomic E-state index is 12.6. The molecule has 2 aliphatic heterocycles. The van der Waals surface area contributed by atoms with Crippen molar-refractivity contribution in [1.29, 1.82) is 0 Å². The van der Waals surface area contributed by atoms with Crippen molar-refractivity contribution in [1.82, 2.24) is 25.3 Å². The lowest BCUT2D eigenvalue weighted by atomic mass is 10.1. The minimum Gasteiger partial charge on any atom is -0.375 e. The largest absolute Gasteiger partial charge is 0.375 e. The normalized spacial score (nSPS) is 24.8. The van der Waals surface area contributed by atoms with Gasteiger partial charge < -0.3 is 19.5 Å². The fourth-order valence-corrected chi connectivity index (χ4v) is 2.93. The van der Waals surface area contributed by atoms with Crippen LogP contribution in [0.25, 0.3) is 0 Å². The zero-order valence-electron chi connectivity index (χ0n) is 13.9. The number of piperazine rings is 1. The van der Waals surface area contributed by atoms with Crippen molar-refractivity contribution in [2.24, 2.45) is 0 Å². The fraction of sp³-hybridized carbons (Fsp3) is 0.786. The van der Waals surface area contributed by atoms with Crippen molar-refractivity contribution in [3.63, 3.8) is 0 Å². The number of hydrogen-bond acceptors (Lipinski definition) is 7. The SMILES string of the molecule is Cc1noc(CN2CCN(C(=O)[C@H]3NCCO[C@@H]3C)CC2)n1.Cl.Cl. The third kappa shape index (κ3) is 5.03. The first-order chi connectivity index (χ1) is 10.6. The van der Waals surface area contributed by atoms with E-state index in [2.05, 4.69) is 20.4 Å². The van der Waals surface area contributed by atoms with E-state index in [9.17, 15) is 4.79 Å². The third-order valence-corrected chi connectivity index (χ3v) is 4.19. The number of rotatable bonds is 3. The summed E-state index contributed by atoms with van der Waals surface area (Å²) < 4.78 is 10.7. The first-order valence-electron chi connectivity index (χ1n) is 7.79. The van der Waals surface area contributed by atoms with E-state index in [0.717, 1.165) is 32.7 Å². The van der Waals surface area contributed by atoms with E-state index in [0.29, 0.717) is 24.9 Å². The van der Waals surface area contributed by atoms with Gasteiger partial charge in [-0.15, -0.1) is 24.8 Å². The second kappa shape index (κ2) is 9.53. The van der Waals surface area contributed by atoms with Crippen LogP contribution in [0.5, 0.6) is 0 Å². The Hall–Kier alpha value is -0.930. The summed E-state index contributed by atoms with van der Waals surface area (Å²) in [5, 5.41) is 7.05. The highest BCUT2D eigenvalue weighted by atomic mass is 35.5. The van der Waals surface area contributed by atoms with Gasteiger partial charge in [0, 0.05) is 32.7 Å². The summed E-state index contributed by atoms with van der Waals surface area (Å²) in [5.41, 5.74) is 0. The molecule has 1 N–H and O–H groups in total. The van der Waals surface area contributed by atoms with Gasteiger partial charge in [0.2, 0.25) is 11.8 Å². The van der Waals surface area contributed by atoms with Crippen LogP contribution in [-0.2, 0) is 16.1 Å². The predicted molar refractivity (Wildman–Crippen MR) is 92.6 cm³/mol. The van der Waals surface area contributed by atoms with Crippen molar-refractivity contribution < 1.29 is 14.1 Å². The molecule has 138 valence electrons. The standard InChI is InChI=1S/C14H23N5O3.2ClH/c1-10-13(15-3-8-21-10)14(20)19-6-4-18(5-7-19)9-12-16-11(2)17-22-12;;/h10,13,15H,3-9H2,1-2H3;2*1H/t10-,13+;;/m1../s1. The molecule has 0 aliphatic carbocycles. The summed E-state index contributed by atoms with van der Waals surface area (Å²) in [7, 11) is 0. The van der Waals surface area contributed by atoms with Crippen LogP contribution in [0.4, 0.5) is 0 Å². The second-order valence-electron chi connectivity index (χ2n) is 5.84. The monoisotopic (exact) mass is 381 g/mol. The smallest absolute Gasteiger partial charge is 0.242 e. The van der Waals surface area contributed by atoms with Crippen LogP contribution in [0.3, 0.4) is 0 Å². The number of halogens is 2. The Bertz CT molecular complexity index is 522. The van der Waals surface area contributed by atoms with Crippen LogP contribution in [0.1, 0.15) is 18.6 Å². The molecule has 3 rings (SSSR count). The van der Waals surface area contributed by atoms with Gasteiger partial charge in [0.25, 0.3) is 0 Å². The molecule has 0 radical (unpaired) electrons. The maximum absolute atomic E-state index is 12.6. The van der Waals surface area contributed by atoms with Gasteiger partial charge >= 0.3 is 0 Å². The number of amides is 1. The average Bonchev–Trinajstić information content (AvgIpc) is 2.93. The molecule has 0 aromatic carbocycles. The Labute approximate surface area is 154 Å². The Morgan fingerprint density at radius 3 is 2.58 bits per heavy atom. The molecule has 1 aromatic rings. The van der Waals surface area contributed by atoms with E-state index in [1.54, 1.807) is 0 Å². The van der Waals surface area contributed by atoms with Crippen LogP contribution < -0.4 is 5.32 Å². The number of ether oxygens (including phenoxy) is 1. The number of aryl methyl sites for hydroxylation is 1. The highest BCUT2D eigenvalue weighted by Crippen LogP contribution is 2.12. The van der Waals surface area contributed by atoms with Gasteiger partial charge in [-0.2, -0.15) is 4.98 Å². The van der Waals surface area contributed by atoms with Gasteiger partial charge in [0.1, 0.15) is 6.04 Å². The van der Waals surface area contributed by atoms with Crippen LogP contribution >= 0.6 is 24.8 Å². The van der Waals surface area contributed by atoms with E-state index in [1.807, 2.05) is 18.7 Å². The first kappa shape index (κ1) is 21.1. The Balaban J connectivity index is 0.00000144. The molecular formula is C14H25Cl2N5O3. The summed E-state index contributed by atoms with van der Waals surface area (Å²) >= 11 is 0. The summed E-state index contributed by atoms with van der Waals surface area (Å²) in [6.45, 7) is 8.87. The van der Waals surface area contributed by atoms with Gasteiger partial charge in [-0.1, -0.05) is 5.16 Å². The van der Waals surface area contributed by atoms with Crippen molar-refractivity contribution in [3.05, 3.63) is 11.7 Å². The third-order valence-electron chi connectivity index (χ3n) is 4.19. The van der Waals surface area contributed by atoms with E-state index >= 15 is 0 Å². The second-order valence-corrected chi connectivity index (χ2v) is 5.84. The van der Waals surface area contributed by atoms with Crippen LogP contribution in [-0.4, -0.2) is 77.3 Å². The Morgan fingerprint density at radius 2 is 2.00 bits per heavy atom. The maximum Gasteiger partial charge on any atom is 0.242 e. The predicted octanol–water partition coefficient (Wildman–Crippen LogP) is 0.243. The van der Waals surface area contributed by atoms with Gasteiger partial charge in [0.15, 0.2) is 5.82 Å². The summed E-state index contributed by atoms with van der Waals surface area (Å²) in [6.07, 6.45) is -0.0688. The molecule has 0 spiro atoms. The molecule has 1 amide bonds. The fourth-order valence-electron chi connectivity index (χ4n) is 2.93. The highest BCUT2D eigenvalue weighted by molar-refractivity contribution is 5.85. The number of aromatic nitrogens is 2. The molecule has 1 aromatic heterocycles.